The molecule has 0 aliphatic carbocycles. The summed E-state index contributed by atoms with van der Waals surface area (Å²) in [6.45, 7) is 1.49. The maximum Gasteiger partial charge on any atom is 0.241 e. The van der Waals surface area contributed by atoms with Gasteiger partial charge in [0.05, 0.1) is 12.6 Å². The summed E-state index contributed by atoms with van der Waals surface area (Å²) in [6, 6.07) is 0.303. The summed E-state index contributed by atoms with van der Waals surface area (Å²) in [4.78, 5) is 19.3. The predicted molar refractivity (Wildman–Crippen MR) is 74.1 cm³/mol. The van der Waals surface area contributed by atoms with Crippen LogP contribution in [0.25, 0.3) is 5.95 Å². The molecule has 1 aliphatic heterocycles. The Morgan fingerprint density at radius 1 is 1.40 bits per heavy atom. The van der Waals surface area contributed by atoms with E-state index in [0.29, 0.717) is 30.5 Å². The molecule has 2 aromatic heterocycles. The summed E-state index contributed by atoms with van der Waals surface area (Å²) in [5, 5.41) is 2.96. The molecular weight excluding hydrogens is 258 g/mol. The summed E-state index contributed by atoms with van der Waals surface area (Å²) in [5.74, 6) is 1.70. The third-order valence-electron chi connectivity index (χ3n) is 3.34. The fraction of sp³-hybridized carbons (Fsp3) is 0.500. The van der Waals surface area contributed by atoms with Gasteiger partial charge in [0.2, 0.25) is 17.8 Å². The largest absolute Gasteiger partial charge is 0.379 e. The predicted octanol–water partition coefficient (Wildman–Crippen LogP) is 0.324. The lowest BCUT2D eigenvalue weighted by Gasteiger charge is -2.23. The molecule has 106 valence electrons. The van der Waals surface area contributed by atoms with E-state index >= 15 is 0 Å². The number of nitrogens with one attached hydrogen (secondary N) is 1. The lowest BCUT2D eigenvalue weighted by molar-refractivity contribution is 0.193. The first-order chi connectivity index (χ1) is 9.78. The van der Waals surface area contributed by atoms with E-state index in [-0.39, 0.29) is 0 Å². The fourth-order valence-corrected chi connectivity index (χ4v) is 2.11. The van der Waals surface area contributed by atoms with Crippen molar-refractivity contribution in [2.24, 2.45) is 0 Å². The summed E-state index contributed by atoms with van der Waals surface area (Å²) in [5.41, 5.74) is 0. The molecule has 0 bridgehead atoms. The van der Waals surface area contributed by atoms with Crippen molar-refractivity contribution in [2.45, 2.75) is 12.5 Å². The van der Waals surface area contributed by atoms with E-state index < -0.39 is 0 Å². The molecular formula is C12H17N7O. The molecule has 1 unspecified atom stereocenters. The highest BCUT2D eigenvalue weighted by Crippen LogP contribution is 2.18. The van der Waals surface area contributed by atoms with Crippen LogP contribution >= 0.6 is 0 Å². The van der Waals surface area contributed by atoms with Crippen molar-refractivity contribution in [3.63, 3.8) is 0 Å². The van der Waals surface area contributed by atoms with Crippen molar-refractivity contribution in [2.75, 3.05) is 37.5 Å². The summed E-state index contributed by atoms with van der Waals surface area (Å²) in [6.07, 6.45) is 6.14. The molecule has 1 fully saturated rings. The zero-order valence-corrected chi connectivity index (χ0v) is 11.5. The monoisotopic (exact) mass is 275 g/mol. The molecule has 0 spiro atoms. The second kappa shape index (κ2) is 5.41. The molecule has 2 aromatic rings. The number of anilines is 2. The van der Waals surface area contributed by atoms with Crippen LogP contribution in [0, 0.1) is 0 Å². The average Bonchev–Trinajstić information content (AvgIpc) is 3.18. The molecule has 1 atom stereocenters. The van der Waals surface area contributed by atoms with Crippen molar-refractivity contribution in [3.8, 4) is 5.95 Å². The smallest absolute Gasteiger partial charge is 0.241 e. The van der Waals surface area contributed by atoms with Crippen LogP contribution in [0.5, 0.6) is 0 Å². The fourth-order valence-electron chi connectivity index (χ4n) is 2.11. The van der Waals surface area contributed by atoms with Gasteiger partial charge in [-0.25, -0.2) is 4.98 Å². The number of rotatable bonds is 4. The molecule has 1 aliphatic rings. The van der Waals surface area contributed by atoms with Crippen LogP contribution in [-0.4, -0.2) is 57.9 Å². The molecule has 3 rings (SSSR count). The molecule has 0 radical (unpaired) electrons. The minimum Gasteiger partial charge on any atom is -0.379 e. The van der Waals surface area contributed by atoms with Crippen LogP contribution in [0.3, 0.4) is 0 Å². The quantitative estimate of drug-likeness (QED) is 0.860. The zero-order valence-electron chi connectivity index (χ0n) is 11.5. The SMILES string of the molecule is CNc1nc(N(C)C2CCOC2)nc(-n2ccnc2)n1. The van der Waals surface area contributed by atoms with Crippen molar-refractivity contribution >= 4 is 11.9 Å². The van der Waals surface area contributed by atoms with Gasteiger partial charge in [0.15, 0.2) is 0 Å². The van der Waals surface area contributed by atoms with Crippen LogP contribution in [0.1, 0.15) is 6.42 Å². The normalized spacial score (nSPS) is 18.2. The van der Waals surface area contributed by atoms with E-state index in [1.54, 1.807) is 30.3 Å². The summed E-state index contributed by atoms with van der Waals surface area (Å²) < 4.78 is 7.17. The number of aromatic nitrogens is 5. The number of imidazole rings is 1. The molecule has 20 heavy (non-hydrogen) atoms. The molecule has 3 heterocycles. The minimum atomic E-state index is 0.303. The Hall–Kier alpha value is -2.22. The van der Waals surface area contributed by atoms with Crippen LogP contribution in [0.4, 0.5) is 11.9 Å². The number of ether oxygens (including phenoxy) is 1. The van der Waals surface area contributed by atoms with Gasteiger partial charge in [0.25, 0.3) is 0 Å². The van der Waals surface area contributed by atoms with Crippen LogP contribution < -0.4 is 10.2 Å². The Labute approximate surface area is 116 Å². The molecule has 8 heteroatoms. The van der Waals surface area contributed by atoms with E-state index in [9.17, 15) is 0 Å². The van der Waals surface area contributed by atoms with Gasteiger partial charge in [-0.2, -0.15) is 15.0 Å². The van der Waals surface area contributed by atoms with Gasteiger partial charge in [-0.3, -0.25) is 4.57 Å². The highest BCUT2D eigenvalue weighted by Gasteiger charge is 2.23. The molecule has 0 saturated carbocycles. The highest BCUT2D eigenvalue weighted by atomic mass is 16.5. The second-order valence-corrected chi connectivity index (χ2v) is 4.61. The Balaban J connectivity index is 1.95. The van der Waals surface area contributed by atoms with Gasteiger partial charge in [-0.15, -0.1) is 0 Å². The molecule has 0 aromatic carbocycles. The van der Waals surface area contributed by atoms with Gasteiger partial charge < -0.3 is 15.0 Å². The van der Waals surface area contributed by atoms with Crippen LogP contribution in [-0.2, 0) is 4.74 Å². The number of likely N-dealkylation sites (N-methyl/N-ethyl adjacent to an activating group) is 1. The van der Waals surface area contributed by atoms with E-state index in [1.807, 2.05) is 11.9 Å². The van der Waals surface area contributed by atoms with Crippen LogP contribution in [0.15, 0.2) is 18.7 Å². The first-order valence-corrected chi connectivity index (χ1v) is 6.50. The third kappa shape index (κ3) is 2.42. The maximum atomic E-state index is 5.42. The van der Waals surface area contributed by atoms with E-state index in [2.05, 4.69) is 25.3 Å². The number of hydrogen-bond acceptors (Lipinski definition) is 7. The average molecular weight is 275 g/mol. The highest BCUT2D eigenvalue weighted by molar-refractivity contribution is 5.40. The van der Waals surface area contributed by atoms with E-state index in [4.69, 9.17) is 4.74 Å². The number of hydrogen-bond donors (Lipinski definition) is 1. The first-order valence-electron chi connectivity index (χ1n) is 6.50. The van der Waals surface area contributed by atoms with Crippen molar-refractivity contribution in [1.29, 1.82) is 0 Å². The third-order valence-corrected chi connectivity index (χ3v) is 3.34. The van der Waals surface area contributed by atoms with Gasteiger partial charge in [-0.1, -0.05) is 0 Å². The Morgan fingerprint density at radius 3 is 2.95 bits per heavy atom. The lowest BCUT2D eigenvalue weighted by atomic mass is 10.2. The number of nitrogens with zero attached hydrogens (tertiary/aromatic N) is 6. The Bertz CT molecular complexity index is 565. The van der Waals surface area contributed by atoms with Crippen molar-refractivity contribution in [1.82, 2.24) is 24.5 Å². The van der Waals surface area contributed by atoms with Crippen molar-refractivity contribution < 1.29 is 4.74 Å². The van der Waals surface area contributed by atoms with E-state index in [0.717, 1.165) is 13.0 Å². The minimum absolute atomic E-state index is 0.303. The Kier molecular flexibility index (Phi) is 3.46. The first kappa shape index (κ1) is 12.8. The zero-order chi connectivity index (χ0) is 13.9. The summed E-state index contributed by atoms with van der Waals surface area (Å²) >= 11 is 0. The van der Waals surface area contributed by atoms with Crippen LogP contribution in [0.2, 0.25) is 0 Å². The van der Waals surface area contributed by atoms with E-state index in [1.165, 1.54) is 0 Å². The van der Waals surface area contributed by atoms with Gasteiger partial charge in [-0.05, 0) is 6.42 Å². The maximum absolute atomic E-state index is 5.42. The Morgan fingerprint density at radius 2 is 2.30 bits per heavy atom. The standard InChI is InChI=1S/C12H17N7O/c1-13-10-15-11(18(2)9-3-6-20-7-9)17-12(16-10)19-5-4-14-8-19/h4-5,8-9H,3,6-7H2,1-2H3,(H,13,15,16,17). The topological polar surface area (TPSA) is 81.0 Å². The van der Waals surface area contributed by atoms with Crippen molar-refractivity contribution in [3.05, 3.63) is 18.7 Å². The van der Waals surface area contributed by atoms with Gasteiger partial charge in [0.1, 0.15) is 6.33 Å². The lowest BCUT2D eigenvalue weighted by Crippen LogP contribution is -2.33. The second-order valence-electron chi connectivity index (χ2n) is 4.61. The molecule has 8 nitrogen and oxygen atoms in total. The van der Waals surface area contributed by atoms with Gasteiger partial charge >= 0.3 is 0 Å². The molecule has 0 amide bonds. The summed E-state index contributed by atoms with van der Waals surface area (Å²) in [7, 11) is 3.77. The molecule has 1 N–H and O–H groups in total. The molecule has 1 saturated heterocycles. The van der Waals surface area contributed by atoms with Gasteiger partial charge in [0, 0.05) is 33.1 Å².